The Morgan fingerprint density at radius 1 is 1.38 bits per heavy atom. The second kappa shape index (κ2) is 0.943. The molecule has 1 heterocycles. The Bertz CT molecular complexity index is 196. The third-order valence-corrected chi connectivity index (χ3v) is 1.69. The van der Waals surface area contributed by atoms with Gasteiger partial charge in [-0.15, -0.1) is 0 Å². The molecule has 2 rings (SSSR count). The van der Waals surface area contributed by atoms with E-state index in [1.54, 1.807) is 0 Å². The first-order valence-corrected chi connectivity index (χ1v) is 2.77. The van der Waals surface area contributed by atoms with Crippen LogP contribution in [-0.4, -0.2) is 11.3 Å². The van der Waals surface area contributed by atoms with Gasteiger partial charge in [0.2, 0.25) is 0 Å². The number of hydrogen-bond acceptors (Lipinski definition) is 1. The standard InChI is InChI=1S/C7H7N/c1-6-7(8-6)4-2-3-5-7/h2-5H,1H3. The number of nitrogens with zero attached hydrogens (tertiary/aromatic N) is 1. The SMILES string of the molecule is CC1=NC12C=CC=C2. The summed E-state index contributed by atoms with van der Waals surface area (Å²) in [6.45, 7) is 2.06. The quantitative estimate of drug-likeness (QED) is 0.440. The molecule has 0 bridgehead atoms. The van der Waals surface area contributed by atoms with Gasteiger partial charge in [-0.2, -0.15) is 0 Å². The van der Waals surface area contributed by atoms with Crippen molar-refractivity contribution in [3.63, 3.8) is 0 Å². The van der Waals surface area contributed by atoms with Crippen molar-refractivity contribution in [2.75, 3.05) is 0 Å². The number of rotatable bonds is 0. The molecule has 1 aliphatic carbocycles. The first kappa shape index (κ1) is 4.07. The van der Waals surface area contributed by atoms with E-state index in [-0.39, 0.29) is 5.54 Å². The summed E-state index contributed by atoms with van der Waals surface area (Å²) in [5.74, 6) is 0. The summed E-state index contributed by atoms with van der Waals surface area (Å²) < 4.78 is 0. The minimum Gasteiger partial charge on any atom is -0.270 e. The van der Waals surface area contributed by atoms with Crippen molar-refractivity contribution in [2.24, 2.45) is 4.99 Å². The molecular weight excluding hydrogens is 98.1 g/mol. The largest absolute Gasteiger partial charge is 0.270 e. The van der Waals surface area contributed by atoms with Gasteiger partial charge in [0.25, 0.3) is 0 Å². The fourth-order valence-corrected chi connectivity index (χ4v) is 1.03. The summed E-state index contributed by atoms with van der Waals surface area (Å²) >= 11 is 0. The summed E-state index contributed by atoms with van der Waals surface area (Å²) in [6, 6.07) is 0. The monoisotopic (exact) mass is 105 g/mol. The summed E-state index contributed by atoms with van der Waals surface area (Å²) in [5.41, 5.74) is 1.32. The van der Waals surface area contributed by atoms with E-state index in [4.69, 9.17) is 0 Å². The van der Waals surface area contributed by atoms with E-state index in [0.717, 1.165) is 0 Å². The van der Waals surface area contributed by atoms with Crippen molar-refractivity contribution in [1.82, 2.24) is 0 Å². The smallest absolute Gasteiger partial charge is 0.135 e. The number of aliphatic imine (C=N–C) groups is 1. The molecule has 1 nitrogen and oxygen atoms in total. The molecule has 0 saturated carbocycles. The molecule has 1 spiro atoms. The van der Waals surface area contributed by atoms with Crippen molar-refractivity contribution in [2.45, 2.75) is 12.5 Å². The molecule has 0 aromatic carbocycles. The maximum atomic E-state index is 4.23. The maximum absolute atomic E-state index is 4.23. The minimum absolute atomic E-state index is 0.0833. The van der Waals surface area contributed by atoms with Gasteiger partial charge in [0.15, 0.2) is 0 Å². The van der Waals surface area contributed by atoms with Gasteiger partial charge < -0.3 is 0 Å². The van der Waals surface area contributed by atoms with Crippen LogP contribution in [0.3, 0.4) is 0 Å². The lowest BCUT2D eigenvalue weighted by molar-refractivity contribution is 1.06. The lowest BCUT2D eigenvalue weighted by Gasteiger charge is -1.93. The zero-order valence-electron chi connectivity index (χ0n) is 4.76. The lowest BCUT2D eigenvalue weighted by Crippen LogP contribution is -2.05. The highest BCUT2D eigenvalue weighted by Gasteiger charge is 2.39. The second-order valence-electron chi connectivity index (χ2n) is 2.24. The van der Waals surface area contributed by atoms with E-state index in [0.29, 0.717) is 0 Å². The normalized spacial score (nSPS) is 26.9. The zero-order valence-corrected chi connectivity index (χ0v) is 4.76. The molecule has 0 atom stereocenters. The molecule has 40 valence electrons. The van der Waals surface area contributed by atoms with E-state index < -0.39 is 0 Å². The summed E-state index contributed by atoms with van der Waals surface area (Å²) in [4.78, 5) is 4.23. The third-order valence-electron chi connectivity index (χ3n) is 1.69. The molecule has 1 heteroatoms. The van der Waals surface area contributed by atoms with E-state index in [1.807, 2.05) is 12.2 Å². The topological polar surface area (TPSA) is 12.4 Å². The Labute approximate surface area is 48.4 Å². The molecule has 2 aliphatic rings. The van der Waals surface area contributed by atoms with Gasteiger partial charge in [0, 0.05) is 5.71 Å². The first-order valence-electron chi connectivity index (χ1n) is 2.77. The molecule has 1 aliphatic heterocycles. The van der Waals surface area contributed by atoms with Crippen LogP contribution in [0.5, 0.6) is 0 Å². The zero-order chi connectivity index (χ0) is 5.61. The van der Waals surface area contributed by atoms with Crippen molar-refractivity contribution in [3.05, 3.63) is 24.3 Å². The van der Waals surface area contributed by atoms with Gasteiger partial charge in [-0.1, -0.05) is 12.2 Å². The molecule has 0 fully saturated rings. The molecule has 0 radical (unpaired) electrons. The van der Waals surface area contributed by atoms with Crippen LogP contribution >= 0.6 is 0 Å². The first-order chi connectivity index (χ1) is 3.83. The van der Waals surface area contributed by atoms with E-state index in [1.165, 1.54) is 5.71 Å². The second-order valence-corrected chi connectivity index (χ2v) is 2.24. The molecule has 0 unspecified atom stereocenters. The van der Waals surface area contributed by atoms with Crippen molar-refractivity contribution >= 4 is 5.71 Å². The average molecular weight is 105 g/mol. The molecule has 0 saturated heterocycles. The number of allylic oxidation sites excluding steroid dienone is 2. The molecular formula is C7H7N. The van der Waals surface area contributed by atoms with Crippen LogP contribution in [0.25, 0.3) is 0 Å². The highest BCUT2D eigenvalue weighted by Crippen LogP contribution is 2.33. The Kier molecular flexibility index (Phi) is 0.480. The van der Waals surface area contributed by atoms with E-state index in [2.05, 4.69) is 24.1 Å². The molecule has 0 aromatic rings. The molecule has 0 N–H and O–H groups in total. The fraction of sp³-hybridized carbons (Fsp3) is 0.286. The van der Waals surface area contributed by atoms with Gasteiger partial charge in [-0.25, -0.2) is 0 Å². The van der Waals surface area contributed by atoms with Gasteiger partial charge in [-0.3, -0.25) is 4.99 Å². The molecule has 0 amide bonds. The minimum atomic E-state index is 0.0833. The summed E-state index contributed by atoms with van der Waals surface area (Å²) in [5, 5.41) is 0. The Morgan fingerprint density at radius 3 is 2.12 bits per heavy atom. The van der Waals surface area contributed by atoms with Gasteiger partial charge in [0.05, 0.1) is 0 Å². The van der Waals surface area contributed by atoms with Gasteiger partial charge >= 0.3 is 0 Å². The van der Waals surface area contributed by atoms with Gasteiger partial charge in [0.1, 0.15) is 5.54 Å². The third kappa shape index (κ3) is 0.302. The molecule has 8 heavy (non-hydrogen) atoms. The fourth-order valence-electron chi connectivity index (χ4n) is 1.03. The predicted molar refractivity (Wildman–Crippen MR) is 34.1 cm³/mol. The Hall–Kier alpha value is -0.850. The summed E-state index contributed by atoms with van der Waals surface area (Å²) in [6.07, 6.45) is 8.31. The Morgan fingerprint density at radius 2 is 1.88 bits per heavy atom. The predicted octanol–water partition coefficient (Wildman–Crippen LogP) is 1.33. The number of hydrogen-bond donors (Lipinski definition) is 0. The Balaban J connectivity index is 2.34. The lowest BCUT2D eigenvalue weighted by atomic mass is 10.1. The highest BCUT2D eigenvalue weighted by molar-refractivity contribution is 6.08. The van der Waals surface area contributed by atoms with E-state index in [9.17, 15) is 0 Å². The van der Waals surface area contributed by atoms with Crippen LogP contribution < -0.4 is 0 Å². The van der Waals surface area contributed by atoms with Crippen molar-refractivity contribution in [1.29, 1.82) is 0 Å². The molecule has 0 aromatic heterocycles. The van der Waals surface area contributed by atoms with Crippen LogP contribution in [-0.2, 0) is 0 Å². The van der Waals surface area contributed by atoms with Gasteiger partial charge in [-0.05, 0) is 19.1 Å². The maximum Gasteiger partial charge on any atom is 0.135 e. The van der Waals surface area contributed by atoms with Crippen LogP contribution in [0.1, 0.15) is 6.92 Å². The van der Waals surface area contributed by atoms with E-state index >= 15 is 0 Å². The van der Waals surface area contributed by atoms with Crippen LogP contribution in [0.15, 0.2) is 29.3 Å². The average Bonchev–Trinajstić information content (AvgIpc) is 2.29. The van der Waals surface area contributed by atoms with Crippen LogP contribution in [0.4, 0.5) is 0 Å². The highest BCUT2D eigenvalue weighted by atomic mass is 15.0. The summed E-state index contributed by atoms with van der Waals surface area (Å²) in [7, 11) is 0. The van der Waals surface area contributed by atoms with Crippen molar-refractivity contribution in [3.8, 4) is 0 Å². The van der Waals surface area contributed by atoms with Crippen LogP contribution in [0, 0.1) is 0 Å². The van der Waals surface area contributed by atoms with Crippen molar-refractivity contribution < 1.29 is 0 Å². The van der Waals surface area contributed by atoms with Crippen LogP contribution in [0.2, 0.25) is 0 Å².